The zero-order chi connectivity index (χ0) is 24.1. The molecule has 0 aliphatic rings. The largest absolute Gasteiger partial charge is 0.493 e. The van der Waals surface area contributed by atoms with Gasteiger partial charge in [0.25, 0.3) is 0 Å². The molecule has 0 fully saturated rings. The fourth-order valence-electron chi connectivity index (χ4n) is 3.99. The molecule has 0 atom stereocenters. The molecule has 0 amide bonds. The van der Waals surface area contributed by atoms with Crippen LogP contribution in [0.15, 0.2) is 36.4 Å². The molecule has 176 valence electrons. The number of methoxy groups -OCH3 is 2. The lowest BCUT2D eigenvalue weighted by molar-refractivity contribution is 0.0694. The fraction of sp³-hybridized carbons (Fsp3) is 0.320. The van der Waals surface area contributed by atoms with E-state index in [0.717, 1.165) is 28.8 Å². The van der Waals surface area contributed by atoms with Crippen molar-refractivity contribution in [3.8, 4) is 11.5 Å². The molecule has 33 heavy (non-hydrogen) atoms. The first-order chi connectivity index (χ1) is 15.8. The third-order valence-electron chi connectivity index (χ3n) is 5.81. The molecule has 0 aliphatic heterocycles. The van der Waals surface area contributed by atoms with Gasteiger partial charge in [0.05, 0.1) is 19.8 Å². The topological polar surface area (TPSA) is 72.7 Å². The number of carboxylic acid groups (broad SMARTS) is 1. The number of nitrogens with zero attached hydrogens (tertiary/aromatic N) is 1. The Balaban J connectivity index is 1.75. The van der Waals surface area contributed by atoms with E-state index in [2.05, 4.69) is 5.32 Å². The second-order valence-corrected chi connectivity index (χ2v) is 8.17. The summed E-state index contributed by atoms with van der Waals surface area (Å²) in [5, 5.41) is 13.5. The first kappa shape index (κ1) is 24.6. The highest BCUT2D eigenvalue weighted by atomic mass is 35.5. The molecule has 0 radical (unpaired) electrons. The second-order valence-electron chi connectivity index (χ2n) is 7.77. The number of benzene rings is 2. The molecule has 3 rings (SSSR count). The molecule has 2 aromatic carbocycles. The van der Waals surface area contributed by atoms with Gasteiger partial charge in [0, 0.05) is 35.1 Å². The SMILES string of the molecule is COc1ccc(CCNCc2c(C(=O)O)c(C)n(Cc3ccc(F)cc3Cl)c2C)cc1OC. The number of aromatic carboxylic acids is 1. The summed E-state index contributed by atoms with van der Waals surface area (Å²) in [5.41, 5.74) is 4.29. The first-order valence-electron chi connectivity index (χ1n) is 10.5. The van der Waals surface area contributed by atoms with Crippen LogP contribution in [0.1, 0.15) is 38.4 Å². The summed E-state index contributed by atoms with van der Waals surface area (Å²) in [7, 11) is 3.20. The predicted molar refractivity (Wildman–Crippen MR) is 126 cm³/mol. The number of nitrogens with one attached hydrogen (secondary N) is 1. The Labute approximate surface area is 197 Å². The van der Waals surface area contributed by atoms with E-state index in [1.165, 1.54) is 12.1 Å². The molecule has 0 bridgehead atoms. The Morgan fingerprint density at radius 3 is 2.45 bits per heavy atom. The van der Waals surface area contributed by atoms with Gasteiger partial charge in [-0.2, -0.15) is 0 Å². The molecular weight excluding hydrogens is 447 g/mol. The van der Waals surface area contributed by atoms with E-state index in [-0.39, 0.29) is 5.56 Å². The van der Waals surface area contributed by atoms with Gasteiger partial charge in [0.15, 0.2) is 11.5 Å². The van der Waals surface area contributed by atoms with Crippen LogP contribution in [0.5, 0.6) is 11.5 Å². The van der Waals surface area contributed by atoms with Crippen LogP contribution in [0.4, 0.5) is 4.39 Å². The van der Waals surface area contributed by atoms with Gasteiger partial charge in [0.2, 0.25) is 0 Å². The summed E-state index contributed by atoms with van der Waals surface area (Å²) in [6.45, 7) is 5.10. The van der Waals surface area contributed by atoms with Gasteiger partial charge in [-0.3, -0.25) is 0 Å². The van der Waals surface area contributed by atoms with Crippen molar-refractivity contribution < 1.29 is 23.8 Å². The Hall–Kier alpha value is -3.03. The molecule has 0 aliphatic carbocycles. The average Bonchev–Trinajstić information content (AvgIpc) is 3.02. The molecule has 1 heterocycles. The van der Waals surface area contributed by atoms with Crippen molar-refractivity contribution in [2.24, 2.45) is 0 Å². The standard InChI is InChI=1S/C25H28ClFN2O4/c1-15-20(13-28-10-9-17-5-8-22(32-3)23(11-17)33-4)24(25(30)31)16(2)29(15)14-18-6-7-19(27)12-21(18)26/h5-8,11-12,28H,9-10,13-14H2,1-4H3,(H,30,31). The smallest absolute Gasteiger partial charge is 0.337 e. The Bertz CT molecular complexity index is 1160. The lowest BCUT2D eigenvalue weighted by Crippen LogP contribution is -2.18. The quantitative estimate of drug-likeness (QED) is 0.405. The monoisotopic (exact) mass is 474 g/mol. The van der Waals surface area contributed by atoms with E-state index in [4.69, 9.17) is 21.1 Å². The molecule has 2 N–H and O–H groups in total. The van der Waals surface area contributed by atoms with Crippen molar-refractivity contribution in [3.05, 3.63) is 80.9 Å². The molecule has 6 nitrogen and oxygen atoms in total. The molecule has 8 heteroatoms. The van der Waals surface area contributed by atoms with Gasteiger partial charge in [0.1, 0.15) is 5.82 Å². The summed E-state index contributed by atoms with van der Waals surface area (Å²) >= 11 is 6.20. The van der Waals surface area contributed by atoms with E-state index in [9.17, 15) is 14.3 Å². The minimum atomic E-state index is -0.976. The van der Waals surface area contributed by atoms with Gasteiger partial charge >= 0.3 is 5.97 Å². The van der Waals surface area contributed by atoms with Crippen LogP contribution in [0.2, 0.25) is 5.02 Å². The average molecular weight is 475 g/mol. The maximum absolute atomic E-state index is 13.4. The number of hydrogen-bond acceptors (Lipinski definition) is 4. The highest BCUT2D eigenvalue weighted by molar-refractivity contribution is 6.31. The molecule has 0 unspecified atom stereocenters. The minimum Gasteiger partial charge on any atom is -0.493 e. The number of aromatic nitrogens is 1. The molecule has 3 aromatic rings. The molecular formula is C25H28ClFN2O4. The normalized spacial score (nSPS) is 11.0. The fourth-order valence-corrected chi connectivity index (χ4v) is 4.22. The summed E-state index contributed by atoms with van der Waals surface area (Å²) in [6.07, 6.45) is 0.743. The van der Waals surface area contributed by atoms with Crippen molar-refractivity contribution in [3.63, 3.8) is 0 Å². The number of carbonyl (C=O) groups is 1. The van der Waals surface area contributed by atoms with Gasteiger partial charge in [-0.1, -0.05) is 23.7 Å². The molecule has 1 aromatic heterocycles. The Morgan fingerprint density at radius 2 is 1.82 bits per heavy atom. The van der Waals surface area contributed by atoms with Crippen LogP contribution in [-0.2, 0) is 19.5 Å². The van der Waals surface area contributed by atoms with Crippen molar-refractivity contribution in [2.75, 3.05) is 20.8 Å². The molecule has 0 saturated heterocycles. The minimum absolute atomic E-state index is 0.282. The summed E-state index contributed by atoms with van der Waals surface area (Å²) in [6, 6.07) is 10.0. The Morgan fingerprint density at radius 1 is 1.09 bits per heavy atom. The maximum Gasteiger partial charge on any atom is 0.337 e. The summed E-state index contributed by atoms with van der Waals surface area (Å²) in [5.74, 6) is -0.0355. The number of halogens is 2. The van der Waals surface area contributed by atoms with Crippen LogP contribution in [0.3, 0.4) is 0 Å². The second kappa shape index (κ2) is 10.7. The van der Waals surface area contributed by atoms with E-state index in [1.54, 1.807) is 27.2 Å². The summed E-state index contributed by atoms with van der Waals surface area (Å²) in [4.78, 5) is 12.0. The van der Waals surface area contributed by atoms with E-state index < -0.39 is 11.8 Å². The van der Waals surface area contributed by atoms with Crippen LogP contribution in [0.25, 0.3) is 0 Å². The Kier molecular flexibility index (Phi) is 8.00. The van der Waals surface area contributed by atoms with E-state index in [1.807, 2.05) is 29.7 Å². The lowest BCUT2D eigenvalue weighted by Gasteiger charge is -2.12. The highest BCUT2D eigenvalue weighted by Crippen LogP contribution is 2.28. The van der Waals surface area contributed by atoms with E-state index >= 15 is 0 Å². The van der Waals surface area contributed by atoms with Gasteiger partial charge < -0.3 is 24.5 Å². The van der Waals surface area contributed by atoms with Crippen molar-refractivity contribution >= 4 is 17.6 Å². The van der Waals surface area contributed by atoms with Crippen LogP contribution in [0, 0.1) is 19.7 Å². The van der Waals surface area contributed by atoms with Gasteiger partial charge in [-0.25, -0.2) is 9.18 Å². The lowest BCUT2D eigenvalue weighted by atomic mass is 10.1. The number of hydrogen-bond donors (Lipinski definition) is 2. The van der Waals surface area contributed by atoms with Crippen LogP contribution >= 0.6 is 11.6 Å². The zero-order valence-electron chi connectivity index (χ0n) is 19.2. The van der Waals surface area contributed by atoms with Crippen molar-refractivity contribution in [2.45, 2.75) is 33.4 Å². The third-order valence-corrected chi connectivity index (χ3v) is 6.16. The van der Waals surface area contributed by atoms with Crippen LogP contribution in [-0.4, -0.2) is 36.4 Å². The van der Waals surface area contributed by atoms with Gasteiger partial charge in [-0.15, -0.1) is 0 Å². The van der Waals surface area contributed by atoms with Crippen molar-refractivity contribution in [1.82, 2.24) is 9.88 Å². The van der Waals surface area contributed by atoms with Crippen LogP contribution < -0.4 is 14.8 Å². The van der Waals surface area contributed by atoms with Crippen molar-refractivity contribution in [1.29, 1.82) is 0 Å². The highest BCUT2D eigenvalue weighted by Gasteiger charge is 2.22. The maximum atomic E-state index is 13.4. The molecule has 0 saturated carbocycles. The third kappa shape index (κ3) is 5.49. The zero-order valence-corrected chi connectivity index (χ0v) is 19.9. The molecule has 0 spiro atoms. The van der Waals surface area contributed by atoms with Gasteiger partial charge in [-0.05, 0) is 62.2 Å². The number of rotatable bonds is 10. The first-order valence-corrected chi connectivity index (χ1v) is 10.9. The number of ether oxygens (including phenoxy) is 2. The number of carboxylic acids is 1. The predicted octanol–water partition coefficient (Wildman–Crippen LogP) is 4.99. The van der Waals surface area contributed by atoms with E-state index in [0.29, 0.717) is 41.8 Å². The summed E-state index contributed by atoms with van der Waals surface area (Å²) < 4.78 is 25.9.